The lowest BCUT2D eigenvalue weighted by atomic mass is 10.0. The number of aliphatic carboxylic acids is 1. The fourth-order valence-corrected chi connectivity index (χ4v) is 1.89. The van der Waals surface area contributed by atoms with Crippen molar-refractivity contribution in [2.24, 2.45) is 0 Å². The summed E-state index contributed by atoms with van der Waals surface area (Å²) in [7, 11) is 0. The monoisotopic (exact) mass is 332 g/mol. The molecule has 1 unspecified atom stereocenters. The molecule has 0 saturated carbocycles. The van der Waals surface area contributed by atoms with Crippen LogP contribution in [0.15, 0.2) is 33.4 Å². The van der Waals surface area contributed by atoms with E-state index < -0.39 is 12.1 Å². The quantitative estimate of drug-likeness (QED) is 0.661. The van der Waals surface area contributed by atoms with E-state index in [-0.39, 0.29) is 5.57 Å². The standard InChI is InChI=1S/C12H13IO3/c1-7-3-5-9(6-4-7)11(14)10(8(2)13)12(15)16/h3-6,11,14H,1-2H3,(H,15,16). The number of carboxylic acids is 1. The van der Waals surface area contributed by atoms with Crippen LogP contribution in [-0.4, -0.2) is 16.2 Å². The summed E-state index contributed by atoms with van der Waals surface area (Å²) in [5.74, 6) is -1.08. The van der Waals surface area contributed by atoms with Gasteiger partial charge in [-0.15, -0.1) is 0 Å². The van der Waals surface area contributed by atoms with Gasteiger partial charge in [0.15, 0.2) is 0 Å². The molecule has 0 aliphatic heterocycles. The summed E-state index contributed by atoms with van der Waals surface area (Å²) in [5.41, 5.74) is 1.70. The van der Waals surface area contributed by atoms with Crippen molar-refractivity contribution >= 4 is 28.6 Å². The minimum absolute atomic E-state index is 0.0319. The maximum atomic E-state index is 11.0. The summed E-state index contributed by atoms with van der Waals surface area (Å²) in [6.45, 7) is 3.61. The third-order valence-corrected chi connectivity index (χ3v) is 2.85. The number of benzene rings is 1. The van der Waals surface area contributed by atoms with Crippen molar-refractivity contribution in [2.75, 3.05) is 0 Å². The SMILES string of the molecule is CC(I)=C(C(=O)O)C(O)c1ccc(C)cc1. The third-order valence-electron chi connectivity index (χ3n) is 2.27. The van der Waals surface area contributed by atoms with Crippen LogP contribution in [-0.2, 0) is 4.79 Å². The van der Waals surface area contributed by atoms with E-state index in [0.29, 0.717) is 9.14 Å². The lowest BCUT2D eigenvalue weighted by molar-refractivity contribution is -0.133. The first-order valence-corrected chi connectivity index (χ1v) is 5.85. The first kappa shape index (κ1) is 13.2. The van der Waals surface area contributed by atoms with E-state index in [0.717, 1.165) is 5.56 Å². The zero-order chi connectivity index (χ0) is 12.3. The van der Waals surface area contributed by atoms with Crippen LogP contribution in [0.25, 0.3) is 0 Å². The van der Waals surface area contributed by atoms with Crippen LogP contribution in [0.4, 0.5) is 0 Å². The molecule has 86 valence electrons. The number of allylic oxidation sites excluding steroid dienone is 1. The maximum Gasteiger partial charge on any atom is 0.335 e. The zero-order valence-corrected chi connectivity index (χ0v) is 11.2. The van der Waals surface area contributed by atoms with Gasteiger partial charge in [-0.25, -0.2) is 4.79 Å². The number of carboxylic acid groups (broad SMARTS) is 1. The molecule has 2 N–H and O–H groups in total. The van der Waals surface area contributed by atoms with Crippen molar-refractivity contribution in [1.82, 2.24) is 0 Å². The second-order valence-electron chi connectivity index (χ2n) is 3.57. The molecule has 1 aromatic carbocycles. The summed E-state index contributed by atoms with van der Waals surface area (Å²) in [6.07, 6.45) is -1.07. The average molecular weight is 332 g/mol. The Morgan fingerprint density at radius 1 is 1.31 bits per heavy atom. The van der Waals surface area contributed by atoms with Crippen LogP contribution in [0.3, 0.4) is 0 Å². The van der Waals surface area contributed by atoms with E-state index in [9.17, 15) is 9.90 Å². The molecule has 3 nitrogen and oxygen atoms in total. The van der Waals surface area contributed by atoms with E-state index in [1.165, 1.54) is 0 Å². The van der Waals surface area contributed by atoms with Crippen LogP contribution >= 0.6 is 22.6 Å². The van der Waals surface area contributed by atoms with Gasteiger partial charge in [-0.3, -0.25) is 0 Å². The summed E-state index contributed by atoms with van der Waals surface area (Å²) in [6, 6.07) is 7.17. The van der Waals surface area contributed by atoms with E-state index in [4.69, 9.17) is 5.11 Å². The number of halogens is 1. The van der Waals surface area contributed by atoms with Gasteiger partial charge in [0.25, 0.3) is 0 Å². The topological polar surface area (TPSA) is 57.5 Å². The number of rotatable bonds is 3. The average Bonchev–Trinajstić information content (AvgIpc) is 2.17. The molecule has 0 saturated heterocycles. The largest absolute Gasteiger partial charge is 0.478 e. The van der Waals surface area contributed by atoms with Crippen LogP contribution < -0.4 is 0 Å². The highest BCUT2D eigenvalue weighted by molar-refractivity contribution is 14.1. The van der Waals surface area contributed by atoms with Crippen LogP contribution in [0.1, 0.15) is 24.2 Å². The smallest absolute Gasteiger partial charge is 0.335 e. The lowest BCUT2D eigenvalue weighted by Gasteiger charge is -2.13. The van der Waals surface area contributed by atoms with E-state index >= 15 is 0 Å². The lowest BCUT2D eigenvalue weighted by Crippen LogP contribution is -2.11. The molecule has 0 radical (unpaired) electrons. The van der Waals surface area contributed by atoms with Gasteiger partial charge >= 0.3 is 5.97 Å². The molecule has 0 heterocycles. The maximum absolute atomic E-state index is 11.0. The summed E-state index contributed by atoms with van der Waals surface area (Å²) in [5, 5.41) is 19.0. The number of aryl methyl sites for hydroxylation is 1. The highest BCUT2D eigenvalue weighted by Gasteiger charge is 2.21. The predicted molar refractivity (Wildman–Crippen MR) is 70.5 cm³/mol. The van der Waals surface area contributed by atoms with Crippen LogP contribution in [0.2, 0.25) is 0 Å². The molecule has 4 heteroatoms. The van der Waals surface area contributed by atoms with Crippen LogP contribution in [0, 0.1) is 6.92 Å². The van der Waals surface area contributed by atoms with E-state index in [1.54, 1.807) is 19.1 Å². The number of aliphatic hydroxyl groups is 1. The van der Waals surface area contributed by atoms with Crippen molar-refractivity contribution < 1.29 is 15.0 Å². The van der Waals surface area contributed by atoms with E-state index in [2.05, 4.69) is 0 Å². The fourth-order valence-electron chi connectivity index (χ4n) is 1.37. The molecule has 1 rings (SSSR count). The summed E-state index contributed by atoms with van der Waals surface area (Å²) >= 11 is 1.91. The minimum atomic E-state index is -1.08. The molecule has 0 aliphatic carbocycles. The van der Waals surface area contributed by atoms with Gasteiger partial charge in [-0.05, 0) is 42.0 Å². The molecule has 1 aromatic rings. The summed E-state index contributed by atoms with van der Waals surface area (Å²) in [4.78, 5) is 11.0. The number of hydrogen-bond acceptors (Lipinski definition) is 2. The number of aliphatic hydroxyl groups excluding tert-OH is 1. The molecule has 16 heavy (non-hydrogen) atoms. The molecular weight excluding hydrogens is 319 g/mol. The Morgan fingerprint density at radius 2 is 1.81 bits per heavy atom. The molecule has 0 aliphatic rings. The zero-order valence-electron chi connectivity index (χ0n) is 9.07. The van der Waals surface area contributed by atoms with Crippen molar-refractivity contribution in [3.05, 3.63) is 44.5 Å². The number of carbonyl (C=O) groups is 1. The third kappa shape index (κ3) is 3.05. The first-order chi connectivity index (χ1) is 7.43. The molecule has 0 spiro atoms. The Kier molecular flexibility index (Phi) is 4.49. The van der Waals surface area contributed by atoms with Gasteiger partial charge in [0.1, 0.15) is 6.10 Å². The highest BCUT2D eigenvalue weighted by Crippen LogP contribution is 2.27. The van der Waals surface area contributed by atoms with Crippen molar-refractivity contribution in [1.29, 1.82) is 0 Å². The molecule has 1 atom stereocenters. The van der Waals surface area contributed by atoms with Crippen LogP contribution in [0.5, 0.6) is 0 Å². The van der Waals surface area contributed by atoms with Gasteiger partial charge in [-0.2, -0.15) is 0 Å². The molecule has 0 aromatic heterocycles. The van der Waals surface area contributed by atoms with Gasteiger partial charge in [0.05, 0.1) is 5.57 Å². The summed E-state index contributed by atoms with van der Waals surface area (Å²) < 4.78 is 0.582. The van der Waals surface area contributed by atoms with Crippen molar-refractivity contribution in [3.8, 4) is 0 Å². The Bertz CT molecular complexity index is 416. The Balaban J connectivity index is 3.10. The van der Waals surface area contributed by atoms with E-state index in [1.807, 2.05) is 41.6 Å². The Labute approximate surface area is 108 Å². The van der Waals surface area contributed by atoms with Gasteiger partial charge in [0, 0.05) is 3.58 Å². The molecular formula is C12H13IO3. The normalized spacial score (nSPS) is 14.2. The second kappa shape index (κ2) is 5.45. The number of hydrogen-bond donors (Lipinski definition) is 2. The molecule has 0 bridgehead atoms. The predicted octanol–water partition coefficient (Wildman–Crippen LogP) is 2.82. The first-order valence-electron chi connectivity index (χ1n) is 4.77. The highest BCUT2D eigenvalue weighted by atomic mass is 127. The second-order valence-corrected chi connectivity index (χ2v) is 5.18. The minimum Gasteiger partial charge on any atom is -0.478 e. The van der Waals surface area contributed by atoms with Gasteiger partial charge in [-0.1, -0.05) is 29.8 Å². The van der Waals surface area contributed by atoms with Crippen molar-refractivity contribution in [2.45, 2.75) is 20.0 Å². The Hall–Kier alpha value is -0.880. The molecule has 0 amide bonds. The van der Waals surface area contributed by atoms with Gasteiger partial charge in [0.2, 0.25) is 0 Å². The molecule has 0 fully saturated rings. The van der Waals surface area contributed by atoms with Crippen molar-refractivity contribution in [3.63, 3.8) is 0 Å². The fraction of sp³-hybridized carbons (Fsp3) is 0.250. The van der Waals surface area contributed by atoms with Gasteiger partial charge < -0.3 is 10.2 Å². The Morgan fingerprint density at radius 3 is 2.19 bits per heavy atom.